The molecule has 2 unspecified atom stereocenters. The second-order valence-corrected chi connectivity index (χ2v) is 12.0. The van der Waals surface area contributed by atoms with Gasteiger partial charge in [-0.2, -0.15) is 16.8 Å². The third kappa shape index (κ3) is 3.48. The SMILES string of the molecule is Cc1cc(-c2nc3c(s2)C=C2NC(C)SC2C3)c(S(=O)(=O)O)cc1S(=O)(=O)O. The van der Waals surface area contributed by atoms with Crippen LogP contribution in [0.25, 0.3) is 16.6 Å². The Kier molecular flexibility index (Phi) is 4.64. The van der Waals surface area contributed by atoms with Gasteiger partial charge in [-0.1, -0.05) is 0 Å². The van der Waals surface area contributed by atoms with E-state index in [4.69, 9.17) is 0 Å². The molecular weight excluding hydrogens is 444 g/mol. The third-order valence-corrected chi connectivity index (χ3v) is 8.78. The lowest BCUT2D eigenvalue weighted by molar-refractivity contribution is 0.481. The van der Waals surface area contributed by atoms with Gasteiger partial charge in [0.25, 0.3) is 20.2 Å². The van der Waals surface area contributed by atoms with Gasteiger partial charge in [-0.05, 0) is 37.6 Å². The molecule has 150 valence electrons. The number of aryl methyl sites for hydroxylation is 1. The molecule has 1 aliphatic carbocycles. The molecule has 2 aliphatic rings. The Morgan fingerprint density at radius 3 is 2.46 bits per heavy atom. The average molecular weight is 461 g/mol. The maximum absolute atomic E-state index is 11.9. The van der Waals surface area contributed by atoms with Gasteiger partial charge in [0, 0.05) is 17.7 Å². The highest BCUT2D eigenvalue weighted by molar-refractivity contribution is 8.01. The third-order valence-electron chi connectivity index (χ3n) is 4.54. The van der Waals surface area contributed by atoms with Crippen LogP contribution in [0.4, 0.5) is 0 Å². The number of benzene rings is 1. The van der Waals surface area contributed by atoms with E-state index in [1.54, 1.807) is 11.8 Å². The zero-order chi connectivity index (χ0) is 20.4. The highest BCUT2D eigenvalue weighted by atomic mass is 32.2. The van der Waals surface area contributed by atoms with E-state index in [0.717, 1.165) is 22.3 Å². The first kappa shape index (κ1) is 19.9. The minimum Gasteiger partial charge on any atom is -0.376 e. The van der Waals surface area contributed by atoms with E-state index >= 15 is 0 Å². The minimum atomic E-state index is -4.75. The van der Waals surface area contributed by atoms with Crippen molar-refractivity contribution in [3.05, 3.63) is 34.0 Å². The summed E-state index contributed by atoms with van der Waals surface area (Å²) in [4.78, 5) is 4.27. The Bertz CT molecular complexity index is 1230. The van der Waals surface area contributed by atoms with Gasteiger partial charge in [0.15, 0.2) is 0 Å². The van der Waals surface area contributed by atoms with Crippen molar-refractivity contribution in [2.24, 2.45) is 0 Å². The molecular formula is C16H16N2O6S4. The molecule has 0 radical (unpaired) electrons. The van der Waals surface area contributed by atoms with Crippen molar-refractivity contribution < 1.29 is 25.9 Å². The van der Waals surface area contributed by atoms with Crippen molar-refractivity contribution in [2.45, 2.75) is 40.7 Å². The fraction of sp³-hybridized carbons (Fsp3) is 0.312. The Balaban J connectivity index is 1.88. The van der Waals surface area contributed by atoms with Crippen LogP contribution in [0, 0.1) is 6.92 Å². The van der Waals surface area contributed by atoms with Crippen LogP contribution >= 0.6 is 23.1 Å². The van der Waals surface area contributed by atoms with Crippen LogP contribution in [-0.2, 0) is 26.7 Å². The average Bonchev–Trinajstić information content (AvgIpc) is 3.10. The van der Waals surface area contributed by atoms with Gasteiger partial charge in [0.2, 0.25) is 0 Å². The van der Waals surface area contributed by atoms with Crippen LogP contribution in [-0.4, -0.2) is 41.5 Å². The van der Waals surface area contributed by atoms with Gasteiger partial charge in [0.05, 0.1) is 26.1 Å². The van der Waals surface area contributed by atoms with Crippen molar-refractivity contribution in [1.29, 1.82) is 0 Å². The predicted molar refractivity (Wildman–Crippen MR) is 108 cm³/mol. The van der Waals surface area contributed by atoms with E-state index < -0.39 is 30.0 Å². The van der Waals surface area contributed by atoms with Gasteiger partial charge in [-0.15, -0.1) is 23.1 Å². The quantitative estimate of drug-likeness (QED) is 0.591. The molecule has 3 N–H and O–H groups in total. The first-order chi connectivity index (χ1) is 12.9. The molecule has 1 aliphatic heterocycles. The summed E-state index contributed by atoms with van der Waals surface area (Å²) in [5.74, 6) is 0. The molecule has 0 spiro atoms. The lowest BCUT2D eigenvalue weighted by Gasteiger charge is -2.14. The molecule has 1 fully saturated rings. The molecule has 2 heterocycles. The number of thioether (sulfide) groups is 1. The molecule has 8 nitrogen and oxygen atoms in total. The second kappa shape index (κ2) is 6.54. The molecule has 0 amide bonds. The van der Waals surface area contributed by atoms with E-state index in [2.05, 4.69) is 17.2 Å². The summed E-state index contributed by atoms with van der Waals surface area (Å²) in [5.41, 5.74) is 2.19. The summed E-state index contributed by atoms with van der Waals surface area (Å²) < 4.78 is 65.8. The zero-order valence-corrected chi connectivity index (χ0v) is 18.0. The summed E-state index contributed by atoms with van der Waals surface area (Å²) in [7, 11) is -9.39. The van der Waals surface area contributed by atoms with E-state index in [0.29, 0.717) is 16.8 Å². The molecule has 0 bridgehead atoms. The van der Waals surface area contributed by atoms with Gasteiger partial charge in [0.1, 0.15) is 9.90 Å². The molecule has 12 heteroatoms. The second-order valence-electron chi connectivity index (χ2n) is 6.61. The van der Waals surface area contributed by atoms with Crippen LogP contribution in [0.2, 0.25) is 0 Å². The van der Waals surface area contributed by atoms with Crippen LogP contribution in [0.3, 0.4) is 0 Å². The topological polar surface area (TPSA) is 134 Å². The number of hydrogen-bond donors (Lipinski definition) is 3. The number of thiazole rings is 1. The van der Waals surface area contributed by atoms with Crippen molar-refractivity contribution in [2.75, 3.05) is 0 Å². The van der Waals surface area contributed by atoms with Gasteiger partial charge >= 0.3 is 0 Å². The molecule has 28 heavy (non-hydrogen) atoms. The van der Waals surface area contributed by atoms with Crippen LogP contribution in [0.5, 0.6) is 0 Å². The highest BCUT2D eigenvalue weighted by Gasteiger charge is 2.33. The number of rotatable bonds is 3. The zero-order valence-electron chi connectivity index (χ0n) is 14.7. The molecule has 2 atom stereocenters. The van der Waals surface area contributed by atoms with Gasteiger partial charge in [-0.25, -0.2) is 4.98 Å². The monoisotopic (exact) mass is 460 g/mol. The molecule has 0 saturated carbocycles. The summed E-state index contributed by atoms with van der Waals surface area (Å²) in [5, 5.41) is 4.32. The summed E-state index contributed by atoms with van der Waals surface area (Å²) >= 11 is 3.05. The number of fused-ring (bicyclic) bond motifs is 2. The summed E-state index contributed by atoms with van der Waals surface area (Å²) in [6.45, 7) is 3.51. The highest BCUT2D eigenvalue weighted by Crippen LogP contribution is 2.42. The number of hydrogen-bond acceptors (Lipinski definition) is 8. The predicted octanol–water partition coefficient (Wildman–Crippen LogP) is 2.56. The summed E-state index contributed by atoms with van der Waals surface area (Å²) in [6, 6.07) is 2.07. The standard InChI is InChI=1S/C16H16N2O6S4/c1-7-3-9(15(28(22,23)24)6-14(7)27(19,20)21)16-18-11-5-12-10(4-13(11)26-16)17-8(2)25-12/h3-4,6,8,12,17H,5H2,1-2H3,(H,19,20,21)(H,22,23,24). The molecule has 1 aromatic carbocycles. The number of aromatic nitrogens is 1. The Hall–Kier alpha value is -1.44. The smallest absolute Gasteiger partial charge is 0.295 e. The molecule has 1 saturated heterocycles. The number of nitrogens with one attached hydrogen (secondary N) is 1. The lowest BCUT2D eigenvalue weighted by Crippen LogP contribution is -2.18. The Morgan fingerprint density at radius 1 is 1.14 bits per heavy atom. The normalized spacial score (nSPS) is 21.6. The van der Waals surface area contributed by atoms with Crippen LogP contribution in [0.15, 0.2) is 27.6 Å². The van der Waals surface area contributed by atoms with Crippen molar-refractivity contribution in [3.8, 4) is 10.6 Å². The van der Waals surface area contributed by atoms with Gasteiger partial charge in [-0.3, -0.25) is 9.11 Å². The fourth-order valence-electron chi connectivity index (χ4n) is 3.36. The van der Waals surface area contributed by atoms with Crippen molar-refractivity contribution >= 4 is 49.4 Å². The molecule has 2 aromatic rings. The van der Waals surface area contributed by atoms with E-state index in [1.165, 1.54) is 24.3 Å². The van der Waals surface area contributed by atoms with E-state index in [9.17, 15) is 25.9 Å². The summed E-state index contributed by atoms with van der Waals surface area (Å²) in [6.07, 6.45) is 2.69. The van der Waals surface area contributed by atoms with Crippen LogP contribution < -0.4 is 5.32 Å². The van der Waals surface area contributed by atoms with Crippen molar-refractivity contribution in [1.82, 2.24) is 10.3 Å². The largest absolute Gasteiger partial charge is 0.376 e. The van der Waals surface area contributed by atoms with Crippen molar-refractivity contribution in [3.63, 3.8) is 0 Å². The Labute approximate surface area is 170 Å². The first-order valence-electron chi connectivity index (χ1n) is 8.17. The minimum absolute atomic E-state index is 0.101. The maximum Gasteiger partial charge on any atom is 0.295 e. The van der Waals surface area contributed by atoms with E-state index in [1.807, 2.05) is 6.08 Å². The first-order valence-corrected chi connectivity index (χ1v) is 12.8. The molecule has 4 rings (SSSR count). The molecule has 1 aromatic heterocycles. The maximum atomic E-state index is 11.9. The fourth-order valence-corrected chi connectivity index (χ4v) is 7.24. The van der Waals surface area contributed by atoms with E-state index in [-0.39, 0.29) is 16.4 Å². The van der Waals surface area contributed by atoms with Gasteiger partial charge < -0.3 is 5.32 Å². The number of nitrogens with zero attached hydrogens (tertiary/aromatic N) is 1. The Morgan fingerprint density at radius 2 is 1.82 bits per heavy atom. The van der Waals surface area contributed by atoms with Crippen LogP contribution in [0.1, 0.15) is 23.1 Å². The lowest BCUT2D eigenvalue weighted by atomic mass is 10.1.